The normalized spacial score (nSPS) is 14.2. The topological polar surface area (TPSA) is 75.7 Å². The molecule has 0 bridgehead atoms. The molecular formula is C20H21FN2O4S. The molecule has 2 amide bonds. The fraction of sp³-hybridized carbons (Fsp3) is 0.350. The summed E-state index contributed by atoms with van der Waals surface area (Å²) in [5.41, 5.74) is 0.642. The molecule has 1 fully saturated rings. The Kier molecular flexibility index (Phi) is 6.08. The second kappa shape index (κ2) is 8.52. The Morgan fingerprint density at radius 2 is 2.04 bits per heavy atom. The van der Waals surface area contributed by atoms with Crippen molar-refractivity contribution in [3.63, 3.8) is 0 Å². The molecule has 2 aromatic rings. The maximum Gasteiger partial charge on any atom is 0.349 e. The van der Waals surface area contributed by atoms with E-state index in [1.165, 1.54) is 24.0 Å². The summed E-state index contributed by atoms with van der Waals surface area (Å²) < 4.78 is 18.5. The molecule has 0 aliphatic heterocycles. The number of rotatable bonds is 7. The van der Waals surface area contributed by atoms with Crippen molar-refractivity contribution >= 4 is 34.1 Å². The standard InChI is InChI=1S/C20H21FN2O4S/c1-12(19(25)23(2)11-13-4-3-5-15(21)10-13)27-20(26)16-8-9-17(28-16)22-18(24)14-6-7-14/h3-5,8-10,12,14H,6-7,11H2,1-2H3,(H,22,24). The summed E-state index contributed by atoms with van der Waals surface area (Å²) in [6.07, 6.45) is 0.807. The van der Waals surface area contributed by atoms with Crippen LogP contribution in [0.5, 0.6) is 0 Å². The third-order valence-electron chi connectivity index (χ3n) is 4.32. The Hall–Kier alpha value is -2.74. The number of likely N-dealkylation sites (N-methyl/N-ethyl adjacent to an activating group) is 1. The number of ether oxygens (including phenoxy) is 1. The van der Waals surface area contributed by atoms with E-state index in [0.717, 1.165) is 24.2 Å². The van der Waals surface area contributed by atoms with Crippen molar-refractivity contribution in [2.75, 3.05) is 12.4 Å². The van der Waals surface area contributed by atoms with Gasteiger partial charge in [0.1, 0.15) is 10.7 Å². The lowest BCUT2D eigenvalue weighted by Gasteiger charge is -2.21. The molecule has 3 rings (SSSR count). The fourth-order valence-corrected chi connectivity index (χ4v) is 3.44. The van der Waals surface area contributed by atoms with E-state index in [4.69, 9.17) is 4.74 Å². The van der Waals surface area contributed by atoms with Crippen molar-refractivity contribution in [2.45, 2.75) is 32.4 Å². The number of benzene rings is 1. The number of anilines is 1. The smallest absolute Gasteiger partial charge is 0.349 e. The number of hydrogen-bond donors (Lipinski definition) is 1. The van der Waals surface area contributed by atoms with Crippen LogP contribution >= 0.6 is 11.3 Å². The molecule has 0 saturated heterocycles. The summed E-state index contributed by atoms with van der Waals surface area (Å²) >= 11 is 1.11. The van der Waals surface area contributed by atoms with Crippen LogP contribution < -0.4 is 5.32 Å². The van der Waals surface area contributed by atoms with Crippen molar-refractivity contribution in [3.05, 3.63) is 52.7 Å². The van der Waals surface area contributed by atoms with Crippen LogP contribution in [-0.4, -0.2) is 35.8 Å². The highest BCUT2D eigenvalue weighted by atomic mass is 32.1. The van der Waals surface area contributed by atoms with Crippen LogP contribution in [0.15, 0.2) is 36.4 Å². The van der Waals surface area contributed by atoms with Crippen molar-refractivity contribution in [3.8, 4) is 0 Å². The second-order valence-electron chi connectivity index (χ2n) is 6.80. The average Bonchev–Trinajstić information content (AvgIpc) is 3.40. The van der Waals surface area contributed by atoms with E-state index >= 15 is 0 Å². The predicted molar refractivity (Wildman–Crippen MR) is 103 cm³/mol. The molecule has 1 aliphatic rings. The van der Waals surface area contributed by atoms with Gasteiger partial charge < -0.3 is 15.0 Å². The Morgan fingerprint density at radius 1 is 1.29 bits per heavy atom. The highest BCUT2D eigenvalue weighted by Crippen LogP contribution is 2.31. The van der Waals surface area contributed by atoms with Crippen LogP contribution in [0.2, 0.25) is 0 Å². The zero-order valence-corrected chi connectivity index (χ0v) is 16.4. The number of carbonyl (C=O) groups excluding carboxylic acids is 3. The number of nitrogens with one attached hydrogen (secondary N) is 1. The number of esters is 1. The second-order valence-corrected chi connectivity index (χ2v) is 7.88. The molecule has 1 unspecified atom stereocenters. The van der Waals surface area contributed by atoms with Gasteiger partial charge in [0, 0.05) is 19.5 Å². The molecule has 0 spiro atoms. The first kappa shape index (κ1) is 20.0. The van der Waals surface area contributed by atoms with Gasteiger partial charge in [-0.25, -0.2) is 9.18 Å². The number of hydrogen-bond acceptors (Lipinski definition) is 5. The fourth-order valence-electron chi connectivity index (χ4n) is 2.65. The van der Waals surface area contributed by atoms with Crippen LogP contribution in [-0.2, 0) is 20.9 Å². The van der Waals surface area contributed by atoms with E-state index in [9.17, 15) is 18.8 Å². The maximum absolute atomic E-state index is 13.3. The van der Waals surface area contributed by atoms with Gasteiger partial charge >= 0.3 is 5.97 Å². The maximum atomic E-state index is 13.3. The summed E-state index contributed by atoms with van der Waals surface area (Å²) in [4.78, 5) is 38.2. The van der Waals surface area contributed by atoms with E-state index in [-0.39, 0.29) is 24.2 Å². The Balaban J connectivity index is 1.53. The molecule has 1 aliphatic carbocycles. The van der Waals surface area contributed by atoms with Gasteiger partial charge in [0.2, 0.25) is 5.91 Å². The third-order valence-corrected chi connectivity index (χ3v) is 5.30. The molecule has 1 N–H and O–H groups in total. The molecule has 148 valence electrons. The van der Waals surface area contributed by atoms with Crippen molar-refractivity contribution in [1.29, 1.82) is 0 Å². The summed E-state index contributed by atoms with van der Waals surface area (Å²) in [7, 11) is 1.56. The quantitative estimate of drug-likeness (QED) is 0.718. The van der Waals surface area contributed by atoms with Crippen molar-refractivity contribution < 1.29 is 23.5 Å². The molecule has 0 radical (unpaired) electrons. The number of amides is 2. The van der Waals surface area contributed by atoms with E-state index < -0.39 is 18.0 Å². The molecule has 1 aromatic heterocycles. The lowest BCUT2D eigenvalue weighted by atomic mass is 10.2. The van der Waals surface area contributed by atoms with Gasteiger partial charge in [-0.15, -0.1) is 11.3 Å². The molecule has 1 aromatic carbocycles. The first-order valence-electron chi connectivity index (χ1n) is 8.94. The van der Waals surface area contributed by atoms with Crippen LogP contribution in [0.25, 0.3) is 0 Å². The van der Waals surface area contributed by atoms with Gasteiger partial charge in [-0.3, -0.25) is 9.59 Å². The van der Waals surface area contributed by atoms with Crippen molar-refractivity contribution in [1.82, 2.24) is 4.90 Å². The predicted octanol–water partition coefficient (Wildman–Crippen LogP) is 3.44. The lowest BCUT2D eigenvalue weighted by molar-refractivity contribution is -0.139. The van der Waals surface area contributed by atoms with E-state index in [2.05, 4.69) is 5.32 Å². The van der Waals surface area contributed by atoms with Gasteiger partial charge in [0.15, 0.2) is 6.10 Å². The van der Waals surface area contributed by atoms with E-state index in [1.807, 2.05) is 0 Å². The minimum Gasteiger partial charge on any atom is -0.448 e. The van der Waals surface area contributed by atoms with Gasteiger partial charge in [0.05, 0.1) is 5.00 Å². The highest BCUT2D eigenvalue weighted by molar-refractivity contribution is 7.18. The zero-order chi connectivity index (χ0) is 20.3. The average molecular weight is 404 g/mol. The van der Waals surface area contributed by atoms with Gasteiger partial charge in [0.25, 0.3) is 5.91 Å². The van der Waals surface area contributed by atoms with Crippen LogP contribution in [0, 0.1) is 11.7 Å². The van der Waals surface area contributed by atoms with Gasteiger partial charge in [-0.05, 0) is 49.6 Å². The first-order valence-corrected chi connectivity index (χ1v) is 9.76. The summed E-state index contributed by atoms with van der Waals surface area (Å²) in [6.45, 7) is 1.69. The number of thiophene rings is 1. The Bertz CT molecular complexity index is 894. The lowest BCUT2D eigenvalue weighted by Crippen LogP contribution is -2.37. The largest absolute Gasteiger partial charge is 0.448 e. The monoisotopic (exact) mass is 404 g/mol. The highest BCUT2D eigenvalue weighted by Gasteiger charge is 2.30. The van der Waals surface area contributed by atoms with E-state index in [1.54, 1.807) is 31.3 Å². The minimum absolute atomic E-state index is 0.0377. The Morgan fingerprint density at radius 3 is 2.71 bits per heavy atom. The zero-order valence-electron chi connectivity index (χ0n) is 15.6. The molecular weight excluding hydrogens is 383 g/mol. The van der Waals surface area contributed by atoms with Crippen LogP contribution in [0.3, 0.4) is 0 Å². The van der Waals surface area contributed by atoms with Crippen LogP contribution in [0.1, 0.15) is 35.0 Å². The molecule has 1 saturated carbocycles. The molecule has 1 atom stereocenters. The van der Waals surface area contributed by atoms with Gasteiger partial charge in [-0.2, -0.15) is 0 Å². The Labute approximate surface area is 166 Å². The van der Waals surface area contributed by atoms with Crippen molar-refractivity contribution in [2.24, 2.45) is 5.92 Å². The van der Waals surface area contributed by atoms with E-state index in [0.29, 0.717) is 15.4 Å². The SMILES string of the molecule is CC(OC(=O)c1ccc(NC(=O)C2CC2)s1)C(=O)N(C)Cc1cccc(F)c1. The van der Waals surface area contributed by atoms with Crippen LogP contribution in [0.4, 0.5) is 9.39 Å². The summed E-state index contributed by atoms with van der Waals surface area (Å²) in [5, 5.41) is 3.35. The molecule has 8 heteroatoms. The molecule has 1 heterocycles. The number of nitrogens with zero attached hydrogens (tertiary/aromatic N) is 1. The minimum atomic E-state index is -0.988. The third kappa shape index (κ3) is 5.16. The molecule has 28 heavy (non-hydrogen) atoms. The molecule has 6 nitrogen and oxygen atoms in total. The summed E-state index contributed by atoms with van der Waals surface area (Å²) in [6, 6.07) is 9.17. The first-order chi connectivity index (χ1) is 13.3. The van der Waals surface area contributed by atoms with Gasteiger partial charge in [-0.1, -0.05) is 12.1 Å². The number of carbonyl (C=O) groups is 3. The number of halogens is 1. The summed E-state index contributed by atoms with van der Waals surface area (Å²) in [5.74, 6) is -1.36.